The molecule has 2 amide bonds. The van der Waals surface area contributed by atoms with Crippen molar-refractivity contribution in [1.29, 1.82) is 0 Å². The van der Waals surface area contributed by atoms with E-state index in [2.05, 4.69) is 10.2 Å². The number of Topliss-reactive ketones (excluding diaryl/α,β-unsaturated/α-hetero) is 1. The van der Waals surface area contributed by atoms with Crippen molar-refractivity contribution in [3.05, 3.63) is 93.6 Å². The van der Waals surface area contributed by atoms with E-state index in [0.717, 1.165) is 4.90 Å². The van der Waals surface area contributed by atoms with Crippen molar-refractivity contribution in [2.45, 2.75) is 112 Å². The molecule has 3 aromatic carbocycles. The molecule has 26 nitrogen and oxygen atoms in total. The fourth-order valence-electron chi connectivity index (χ4n) is 10.5. The van der Waals surface area contributed by atoms with Gasteiger partial charge in [0.1, 0.15) is 59.6 Å². The van der Waals surface area contributed by atoms with Crippen LogP contribution in [0.25, 0.3) is 0 Å². The SMILES string of the molecule is CNCN1C(=O)C=CC1=O.CO[C@H]1OCCN2[C@@H]1O[C@@H]1[C@H](C)O[C@@H](O[C@H]3C[C@](O)(C(=O)CO)Cc4c(O)c5c(c(O)c43)C(=O)c3c(OC(=O)CCc4ccc(O[C@@H]6OC[C@@H](O)[C@H](O)[C@H]6O)cc4)cccc3C5=O)C[C@@H]12.O=C=O. The van der Waals surface area contributed by atoms with Crippen LogP contribution in [0.5, 0.6) is 23.0 Å². The molecule has 4 saturated heterocycles. The van der Waals surface area contributed by atoms with Gasteiger partial charge < -0.3 is 79.0 Å². The number of ether oxygens (including phenoxy) is 8. The summed E-state index contributed by atoms with van der Waals surface area (Å²) in [6, 6.07) is 10.2. The van der Waals surface area contributed by atoms with Crippen LogP contribution in [0.15, 0.2) is 54.6 Å². The van der Waals surface area contributed by atoms with E-state index >= 15 is 0 Å². The number of phenols is 2. The van der Waals surface area contributed by atoms with E-state index in [1.807, 2.05) is 0 Å². The van der Waals surface area contributed by atoms with Gasteiger partial charge in [0.15, 0.2) is 30.4 Å². The maximum atomic E-state index is 14.5. The zero-order chi connectivity index (χ0) is 56.3. The lowest BCUT2D eigenvalue weighted by Crippen LogP contribution is -2.55. The van der Waals surface area contributed by atoms with Gasteiger partial charge >= 0.3 is 12.1 Å². The van der Waals surface area contributed by atoms with E-state index in [4.69, 9.17) is 47.5 Å². The zero-order valence-electron chi connectivity index (χ0n) is 42.2. The van der Waals surface area contributed by atoms with Crippen molar-refractivity contribution in [3.63, 3.8) is 0 Å². The van der Waals surface area contributed by atoms with Crippen molar-refractivity contribution < 1.29 is 112 Å². The Morgan fingerprint density at radius 3 is 2.26 bits per heavy atom. The van der Waals surface area contributed by atoms with Crippen LogP contribution in [-0.4, -0.2) is 201 Å². The maximum Gasteiger partial charge on any atom is 0.373 e. The number of benzene rings is 3. The highest BCUT2D eigenvalue weighted by molar-refractivity contribution is 6.31. The molecule has 78 heavy (non-hydrogen) atoms. The average Bonchev–Trinajstić information content (AvgIpc) is 4.11. The van der Waals surface area contributed by atoms with E-state index in [1.54, 1.807) is 38.2 Å². The monoisotopic (exact) mass is 1090 g/mol. The van der Waals surface area contributed by atoms with Gasteiger partial charge in [-0.3, -0.25) is 38.6 Å². The van der Waals surface area contributed by atoms with Crippen LogP contribution in [0.2, 0.25) is 0 Å². The van der Waals surface area contributed by atoms with Gasteiger partial charge in [0, 0.05) is 74.2 Å². The summed E-state index contributed by atoms with van der Waals surface area (Å²) in [5.41, 5.74) is -3.84. The number of esters is 1. The largest absolute Gasteiger partial charge is 0.507 e. The molecule has 4 fully saturated rings. The molecule has 5 heterocycles. The van der Waals surface area contributed by atoms with E-state index in [9.17, 15) is 64.5 Å². The zero-order valence-corrected chi connectivity index (χ0v) is 42.2. The Balaban J connectivity index is 0.000000547. The van der Waals surface area contributed by atoms with Crippen LogP contribution in [0.1, 0.15) is 80.8 Å². The van der Waals surface area contributed by atoms with Gasteiger partial charge in [-0.05, 0) is 44.2 Å². The van der Waals surface area contributed by atoms with Gasteiger partial charge in [0.25, 0.3) is 11.8 Å². The standard InChI is InChI=1S/C45H49NO19.C6H8N2O2.CO2/c1-19-41-24(46-12-13-59-44(58-2)42(46)65-41)14-30(61-19)64-27-16-45(57,28(49)17-47)15-23-32(27)39(55)34-33(36(23)52)35(51)22-4-3-5-26(31(22)38(34)54)63-29(50)11-8-20-6-9-21(10-7-20)62-43-40(56)37(53)25(48)18-60-43;1-7-4-8-5(9)2-3-6(8)10;2-1-3/h3-7,9-10,19,24-25,27,30,37,40-44,47-48,52-53,55-57H,8,11-18H2,1-2H3;2-3,7H,4H2,1H3;/t19-,24-,25+,27-,30-,37-,40+,41+,42+,43-,44-,45-;;/m0../s1. The molecule has 7 aliphatic rings. The highest BCUT2D eigenvalue weighted by Crippen LogP contribution is 2.53. The number of methoxy groups -OCH3 is 1. The van der Waals surface area contributed by atoms with Gasteiger partial charge in [-0.25, -0.2) is 0 Å². The lowest BCUT2D eigenvalue weighted by atomic mass is 9.72. The van der Waals surface area contributed by atoms with Gasteiger partial charge in [-0.2, -0.15) is 9.59 Å². The van der Waals surface area contributed by atoms with Crippen molar-refractivity contribution in [3.8, 4) is 23.0 Å². The molecular weight excluding hydrogens is 1030 g/mol. The second-order valence-corrected chi connectivity index (χ2v) is 19.1. The number of nitrogens with zero attached hydrogens (tertiary/aromatic N) is 2. The Hall–Kier alpha value is -6.72. The first-order chi connectivity index (χ1) is 37.3. The number of nitrogens with one attached hydrogen (secondary N) is 1. The van der Waals surface area contributed by atoms with Crippen molar-refractivity contribution in [2.75, 3.05) is 47.2 Å². The second kappa shape index (κ2) is 24.1. The van der Waals surface area contributed by atoms with Gasteiger partial charge in [-0.15, -0.1) is 0 Å². The number of carbonyl (C=O) groups is 6. The molecule has 0 aromatic heterocycles. The summed E-state index contributed by atoms with van der Waals surface area (Å²) < 4.78 is 46.8. The number of amides is 2. The van der Waals surface area contributed by atoms with E-state index in [1.165, 1.54) is 37.5 Å². The minimum atomic E-state index is -2.33. The van der Waals surface area contributed by atoms with Crippen molar-refractivity contribution in [1.82, 2.24) is 15.1 Å². The molecule has 10 rings (SSSR count). The van der Waals surface area contributed by atoms with E-state index in [0.29, 0.717) is 18.7 Å². The molecule has 2 aliphatic carbocycles. The number of aliphatic hydroxyl groups excluding tert-OH is 4. The smallest absolute Gasteiger partial charge is 0.373 e. The van der Waals surface area contributed by atoms with Crippen LogP contribution in [-0.2, 0) is 70.0 Å². The summed E-state index contributed by atoms with van der Waals surface area (Å²) in [5.74, 6) is -5.67. The summed E-state index contributed by atoms with van der Waals surface area (Å²) in [4.78, 5) is 96.1. The number of aliphatic hydroxyl groups is 5. The molecule has 5 aliphatic heterocycles. The van der Waals surface area contributed by atoms with Crippen LogP contribution >= 0.6 is 0 Å². The van der Waals surface area contributed by atoms with Crippen molar-refractivity contribution >= 4 is 41.3 Å². The third-order valence-corrected chi connectivity index (χ3v) is 14.3. The van der Waals surface area contributed by atoms with Crippen molar-refractivity contribution in [2.24, 2.45) is 0 Å². The third kappa shape index (κ3) is 11.3. The maximum absolute atomic E-state index is 14.5. The first-order valence-electron chi connectivity index (χ1n) is 24.6. The average molecular weight is 1090 g/mol. The van der Waals surface area contributed by atoms with Crippen LogP contribution < -0.4 is 14.8 Å². The Bertz CT molecular complexity index is 2850. The van der Waals surface area contributed by atoms with E-state index < -0.39 is 133 Å². The number of ketones is 3. The van der Waals surface area contributed by atoms with Gasteiger partial charge in [0.05, 0.1) is 48.8 Å². The number of aromatic hydroxyl groups is 2. The topological polar surface area (TPSA) is 371 Å². The number of aryl methyl sites for hydroxylation is 1. The number of fused-ring (bicyclic) bond motifs is 6. The summed E-state index contributed by atoms with van der Waals surface area (Å²) in [7, 11) is 3.19. The second-order valence-electron chi connectivity index (χ2n) is 19.1. The molecule has 418 valence electrons. The first kappa shape index (κ1) is 57.5. The van der Waals surface area contributed by atoms with Crippen LogP contribution in [0.4, 0.5) is 0 Å². The lowest BCUT2D eigenvalue weighted by molar-refractivity contribution is -0.256. The molecule has 3 aromatic rings. The Labute approximate surface area is 443 Å². The Morgan fingerprint density at radius 2 is 1.59 bits per heavy atom. The fourth-order valence-corrected chi connectivity index (χ4v) is 10.5. The molecule has 0 spiro atoms. The molecule has 0 radical (unpaired) electrons. The number of morpholine rings is 1. The minimum Gasteiger partial charge on any atom is -0.507 e. The summed E-state index contributed by atoms with van der Waals surface area (Å²) >= 11 is 0. The predicted molar refractivity (Wildman–Crippen MR) is 256 cm³/mol. The van der Waals surface area contributed by atoms with Crippen LogP contribution in [0.3, 0.4) is 0 Å². The summed E-state index contributed by atoms with van der Waals surface area (Å²) in [6.07, 6.45) is -8.17. The molecule has 8 N–H and O–H groups in total. The minimum absolute atomic E-state index is 0.170. The third-order valence-electron chi connectivity index (χ3n) is 14.3. The lowest BCUT2D eigenvalue weighted by Gasteiger charge is -2.43. The molecule has 0 bridgehead atoms. The summed E-state index contributed by atoms with van der Waals surface area (Å²) in [5, 5.41) is 78.0. The Kier molecular flexibility index (Phi) is 17.8. The number of phenolic OH excluding ortho intramolecular Hbond substituents is 2. The molecule has 0 unspecified atom stereocenters. The number of rotatable bonds is 13. The number of imide groups is 1. The molecule has 0 saturated carbocycles. The number of carbonyl (C=O) groups excluding carboxylic acids is 8. The molecular formula is C52H57N3O23. The van der Waals surface area contributed by atoms with E-state index in [-0.39, 0.29) is 90.3 Å². The normalized spacial score (nSPS) is 29.8. The number of hydrogen-bond donors (Lipinski definition) is 8. The molecule has 12 atom stereocenters. The van der Waals surface area contributed by atoms with Gasteiger partial charge in [-0.1, -0.05) is 24.3 Å². The van der Waals surface area contributed by atoms with Crippen LogP contribution in [0, 0.1) is 0 Å². The van der Waals surface area contributed by atoms with Gasteiger partial charge in [0.2, 0.25) is 12.1 Å². The fraction of sp³-hybridized carbons (Fsp3) is 0.481. The highest BCUT2D eigenvalue weighted by atomic mass is 16.7. The molecule has 26 heteroatoms. The summed E-state index contributed by atoms with van der Waals surface area (Å²) in [6.45, 7) is 1.67. The highest BCUT2D eigenvalue weighted by Gasteiger charge is 2.55. The Morgan fingerprint density at radius 1 is 0.897 bits per heavy atom. The first-order valence-corrected chi connectivity index (χ1v) is 24.6. The quantitative estimate of drug-likeness (QED) is 0.0329. The predicted octanol–water partition coefficient (Wildman–Crippen LogP) is -1.44. The number of hydrogen-bond acceptors (Lipinski definition) is 25.